The van der Waals surface area contributed by atoms with Gasteiger partial charge in [-0.05, 0) is 67.1 Å². The highest BCUT2D eigenvalue weighted by Crippen LogP contribution is 2.45. The van der Waals surface area contributed by atoms with Crippen LogP contribution in [0.15, 0.2) is 48.9 Å². The van der Waals surface area contributed by atoms with Gasteiger partial charge in [-0.2, -0.15) is 0 Å². The van der Waals surface area contributed by atoms with E-state index in [-0.39, 0.29) is 5.75 Å². The van der Waals surface area contributed by atoms with Crippen LogP contribution in [0.5, 0.6) is 5.75 Å². The van der Waals surface area contributed by atoms with Crippen LogP contribution in [0, 0.1) is 6.92 Å². The summed E-state index contributed by atoms with van der Waals surface area (Å²) in [6.45, 7) is 5.19. The van der Waals surface area contributed by atoms with Crippen molar-refractivity contribution in [3.05, 3.63) is 60.0 Å². The number of fused-ring (bicyclic) bond motifs is 1. The Hall–Kier alpha value is -3.99. The minimum absolute atomic E-state index is 0.272. The minimum atomic E-state index is -4.74. The van der Waals surface area contributed by atoms with Gasteiger partial charge in [0.25, 0.3) is 0 Å². The van der Waals surface area contributed by atoms with E-state index in [1.54, 1.807) is 19.3 Å². The average Bonchev–Trinajstić information content (AvgIpc) is 3.75. The molecule has 0 amide bonds. The van der Waals surface area contributed by atoms with Crippen molar-refractivity contribution in [1.82, 2.24) is 25.3 Å². The molecule has 0 spiro atoms. The number of ether oxygens (including phenoxy) is 1. The summed E-state index contributed by atoms with van der Waals surface area (Å²) in [6.07, 6.45) is 2.99. The number of nitrogens with zero attached hydrogens (tertiary/aromatic N) is 5. The number of halogens is 3. The average molecular weight is 522 g/mol. The quantitative estimate of drug-likeness (QED) is 0.352. The monoisotopic (exact) mass is 521 g/mol. The van der Waals surface area contributed by atoms with Crippen LogP contribution < -0.4 is 20.3 Å². The number of piperazine rings is 1. The molecule has 196 valence electrons. The van der Waals surface area contributed by atoms with E-state index in [1.807, 2.05) is 18.3 Å². The van der Waals surface area contributed by atoms with Crippen molar-refractivity contribution in [2.45, 2.75) is 32.0 Å². The molecule has 2 N–H and O–H groups in total. The zero-order valence-corrected chi connectivity index (χ0v) is 20.7. The van der Waals surface area contributed by atoms with E-state index in [9.17, 15) is 13.2 Å². The Balaban J connectivity index is 1.35. The molecule has 1 aliphatic heterocycles. The lowest BCUT2D eigenvalue weighted by Gasteiger charge is -2.30. The number of pyridine rings is 2. The number of rotatable bonds is 6. The lowest BCUT2D eigenvalue weighted by atomic mass is 10.1. The Morgan fingerprint density at radius 3 is 2.61 bits per heavy atom. The van der Waals surface area contributed by atoms with Gasteiger partial charge >= 0.3 is 6.36 Å². The van der Waals surface area contributed by atoms with E-state index >= 15 is 0 Å². The maximum absolute atomic E-state index is 12.6. The van der Waals surface area contributed by atoms with Crippen molar-refractivity contribution in [3.8, 4) is 17.1 Å². The molecule has 0 unspecified atom stereocenters. The zero-order chi connectivity index (χ0) is 26.3. The first-order valence-corrected chi connectivity index (χ1v) is 12.6. The third-order valence-electron chi connectivity index (χ3n) is 6.76. The highest BCUT2D eigenvalue weighted by atomic mass is 19.4. The van der Waals surface area contributed by atoms with Gasteiger partial charge in [0.15, 0.2) is 5.82 Å². The maximum atomic E-state index is 12.6. The van der Waals surface area contributed by atoms with Crippen LogP contribution in [0.3, 0.4) is 0 Å². The molecule has 1 aliphatic carbocycles. The Labute approximate surface area is 217 Å². The van der Waals surface area contributed by atoms with Crippen molar-refractivity contribution in [3.63, 3.8) is 0 Å². The van der Waals surface area contributed by atoms with Crippen LogP contribution in [-0.4, -0.2) is 52.5 Å². The van der Waals surface area contributed by atoms with Gasteiger partial charge in [-0.25, -0.2) is 15.0 Å². The Morgan fingerprint density at radius 1 is 1.05 bits per heavy atom. The Morgan fingerprint density at radius 2 is 1.87 bits per heavy atom. The Bertz CT molecular complexity index is 1480. The van der Waals surface area contributed by atoms with Crippen molar-refractivity contribution in [1.29, 1.82) is 0 Å². The largest absolute Gasteiger partial charge is 0.573 e. The molecule has 6 rings (SSSR count). The lowest BCUT2D eigenvalue weighted by molar-refractivity contribution is -0.274. The van der Waals surface area contributed by atoms with Crippen LogP contribution in [0.4, 0.5) is 30.5 Å². The van der Waals surface area contributed by atoms with Gasteiger partial charge in [0, 0.05) is 55.2 Å². The summed E-state index contributed by atoms with van der Waals surface area (Å²) in [6, 6.07) is 7.81. The fraction of sp³-hybridized carbons (Fsp3) is 0.333. The van der Waals surface area contributed by atoms with Crippen molar-refractivity contribution < 1.29 is 17.9 Å². The molecular formula is C27H26F3N7O. The van der Waals surface area contributed by atoms with E-state index in [4.69, 9.17) is 9.97 Å². The molecule has 8 nitrogen and oxygen atoms in total. The molecule has 1 saturated carbocycles. The Kier molecular flexibility index (Phi) is 6.22. The third-order valence-corrected chi connectivity index (χ3v) is 6.76. The summed E-state index contributed by atoms with van der Waals surface area (Å²) in [4.78, 5) is 21.1. The minimum Gasteiger partial charge on any atom is -0.406 e. The van der Waals surface area contributed by atoms with E-state index in [0.29, 0.717) is 28.8 Å². The molecule has 0 bridgehead atoms. The topological polar surface area (TPSA) is 88.1 Å². The van der Waals surface area contributed by atoms with E-state index < -0.39 is 6.36 Å². The predicted octanol–water partition coefficient (Wildman–Crippen LogP) is 5.32. The van der Waals surface area contributed by atoms with Crippen LogP contribution in [0.2, 0.25) is 0 Å². The number of aromatic nitrogens is 4. The number of anilines is 3. The molecule has 2 aliphatic rings. The number of aryl methyl sites for hydroxylation is 1. The summed E-state index contributed by atoms with van der Waals surface area (Å²) < 4.78 is 41.7. The maximum Gasteiger partial charge on any atom is 0.573 e. The molecule has 4 heterocycles. The third kappa shape index (κ3) is 5.19. The first-order valence-electron chi connectivity index (χ1n) is 12.6. The predicted molar refractivity (Wildman–Crippen MR) is 139 cm³/mol. The van der Waals surface area contributed by atoms with Gasteiger partial charge < -0.3 is 20.3 Å². The van der Waals surface area contributed by atoms with Crippen molar-refractivity contribution in [2.75, 3.05) is 36.4 Å². The summed E-state index contributed by atoms with van der Waals surface area (Å²) in [7, 11) is 0. The van der Waals surface area contributed by atoms with Gasteiger partial charge in [0.2, 0.25) is 0 Å². The van der Waals surface area contributed by atoms with Gasteiger partial charge in [0.05, 0.1) is 11.7 Å². The van der Waals surface area contributed by atoms with Gasteiger partial charge in [-0.1, -0.05) is 0 Å². The number of hydrogen-bond acceptors (Lipinski definition) is 8. The molecule has 3 aromatic heterocycles. The van der Waals surface area contributed by atoms with Crippen LogP contribution in [0.25, 0.3) is 22.3 Å². The van der Waals surface area contributed by atoms with Crippen LogP contribution >= 0.6 is 0 Å². The molecule has 2 fully saturated rings. The van der Waals surface area contributed by atoms with Crippen LogP contribution in [0.1, 0.15) is 29.9 Å². The van der Waals surface area contributed by atoms with Crippen molar-refractivity contribution in [2.24, 2.45) is 0 Å². The molecule has 4 aromatic rings. The first kappa shape index (κ1) is 24.4. The summed E-state index contributed by atoms with van der Waals surface area (Å²) >= 11 is 0. The van der Waals surface area contributed by atoms with Gasteiger partial charge in [-0.15, -0.1) is 13.2 Å². The molecule has 1 saturated heterocycles. The fourth-order valence-corrected chi connectivity index (χ4v) is 4.78. The van der Waals surface area contributed by atoms with Gasteiger partial charge in [0.1, 0.15) is 17.4 Å². The molecule has 0 atom stereocenters. The second-order valence-electron chi connectivity index (χ2n) is 9.58. The second kappa shape index (κ2) is 9.71. The number of hydrogen-bond donors (Lipinski definition) is 2. The SMILES string of the molecule is Cc1cc(OC(F)(F)F)ccc1Nc1cc(-c2nc(N3CCNCC3)c3c(C4CC4)cncc3n2)ccn1. The highest BCUT2D eigenvalue weighted by Gasteiger charge is 2.31. The molecule has 1 aromatic carbocycles. The number of alkyl halides is 3. The summed E-state index contributed by atoms with van der Waals surface area (Å²) in [5, 5.41) is 7.67. The van der Waals surface area contributed by atoms with E-state index in [0.717, 1.165) is 61.3 Å². The normalized spacial score (nSPS) is 16.1. The molecule has 38 heavy (non-hydrogen) atoms. The summed E-state index contributed by atoms with van der Waals surface area (Å²) in [5.74, 6) is 2.25. The van der Waals surface area contributed by atoms with E-state index in [1.165, 1.54) is 23.8 Å². The van der Waals surface area contributed by atoms with Crippen molar-refractivity contribution >= 4 is 28.2 Å². The second-order valence-corrected chi connectivity index (χ2v) is 9.58. The smallest absolute Gasteiger partial charge is 0.406 e. The standard InChI is InChI=1S/C27H26F3N7O/c1-16-12-19(38-27(28,29)30)4-5-21(16)34-23-13-18(6-7-33-23)25-35-22-15-32-14-20(17-2-3-17)24(22)26(36-25)37-10-8-31-9-11-37/h4-7,12-15,17,31H,2-3,8-11H2,1H3,(H,33,34). The lowest BCUT2D eigenvalue weighted by Crippen LogP contribution is -2.44. The highest BCUT2D eigenvalue weighted by molar-refractivity contribution is 5.94. The first-order chi connectivity index (χ1) is 18.3. The fourth-order valence-electron chi connectivity index (χ4n) is 4.78. The van der Waals surface area contributed by atoms with Gasteiger partial charge in [-0.3, -0.25) is 4.98 Å². The number of nitrogens with one attached hydrogen (secondary N) is 2. The summed E-state index contributed by atoms with van der Waals surface area (Å²) in [5.41, 5.74) is 4.00. The number of benzene rings is 1. The zero-order valence-electron chi connectivity index (χ0n) is 20.7. The molecule has 11 heteroatoms. The molecule has 0 radical (unpaired) electrons. The molecular weight excluding hydrogens is 495 g/mol. The van der Waals surface area contributed by atoms with Crippen LogP contribution in [-0.2, 0) is 0 Å². The van der Waals surface area contributed by atoms with E-state index in [2.05, 4.69) is 30.2 Å².